The summed E-state index contributed by atoms with van der Waals surface area (Å²) >= 11 is 0. The summed E-state index contributed by atoms with van der Waals surface area (Å²) in [7, 11) is 0. The summed E-state index contributed by atoms with van der Waals surface area (Å²) in [5, 5.41) is 17.4. The van der Waals surface area contributed by atoms with Crippen LogP contribution in [0.5, 0.6) is 5.75 Å². The number of carbonyl (C=O) groups is 2. The van der Waals surface area contributed by atoms with Gasteiger partial charge in [-0.1, -0.05) is 12.1 Å². The number of rotatable bonds is 7. The predicted molar refractivity (Wildman–Crippen MR) is 100 cm³/mol. The molecule has 2 rings (SSSR count). The summed E-state index contributed by atoms with van der Waals surface area (Å²) in [6.45, 7) is 3.46. The van der Waals surface area contributed by atoms with Gasteiger partial charge >= 0.3 is 0 Å². The Morgan fingerprint density at radius 1 is 1.26 bits per heavy atom. The van der Waals surface area contributed by atoms with Crippen LogP contribution in [0.15, 0.2) is 47.6 Å². The first kappa shape index (κ1) is 19.6. The molecule has 27 heavy (non-hydrogen) atoms. The molecule has 0 aliphatic rings. The molecule has 0 aliphatic carbocycles. The molecule has 2 aromatic rings. The van der Waals surface area contributed by atoms with Crippen molar-refractivity contribution >= 4 is 29.4 Å². The van der Waals surface area contributed by atoms with Crippen LogP contribution >= 0.6 is 0 Å². The molecule has 9 heteroatoms. The van der Waals surface area contributed by atoms with Crippen molar-refractivity contribution in [3.8, 4) is 5.75 Å². The smallest absolute Gasteiger partial charge is 0.278 e. The first-order valence-electron chi connectivity index (χ1n) is 8.03. The minimum atomic E-state index is -0.553. The highest BCUT2D eigenvalue weighted by Gasteiger charge is 2.14. The second kappa shape index (κ2) is 9.09. The number of benzene rings is 2. The van der Waals surface area contributed by atoms with Crippen molar-refractivity contribution in [3.63, 3.8) is 0 Å². The summed E-state index contributed by atoms with van der Waals surface area (Å²) in [4.78, 5) is 34.0. The Hall–Kier alpha value is -3.75. The number of para-hydroxylation sites is 1. The average Bonchev–Trinajstić information content (AvgIpc) is 2.62. The Labute approximate surface area is 155 Å². The second-order valence-corrected chi connectivity index (χ2v) is 5.34. The van der Waals surface area contributed by atoms with E-state index in [0.717, 1.165) is 0 Å². The lowest BCUT2D eigenvalue weighted by Crippen LogP contribution is -2.19. The molecule has 0 spiro atoms. The first-order chi connectivity index (χ1) is 12.9. The largest absolute Gasteiger partial charge is 0.493 e. The third-order valence-electron chi connectivity index (χ3n) is 3.35. The van der Waals surface area contributed by atoms with Crippen LogP contribution in [0.25, 0.3) is 0 Å². The summed E-state index contributed by atoms with van der Waals surface area (Å²) < 4.78 is 5.44. The summed E-state index contributed by atoms with van der Waals surface area (Å²) in [6, 6.07) is 10.6. The summed E-state index contributed by atoms with van der Waals surface area (Å²) in [5.41, 5.74) is 3.16. The van der Waals surface area contributed by atoms with Gasteiger partial charge in [-0.15, -0.1) is 0 Å². The van der Waals surface area contributed by atoms with Gasteiger partial charge in [0.2, 0.25) is 5.91 Å². The van der Waals surface area contributed by atoms with Crippen molar-refractivity contribution in [3.05, 3.63) is 63.7 Å². The number of nitro groups is 1. The molecule has 2 N–H and O–H groups in total. The normalized spacial score (nSPS) is 10.4. The van der Waals surface area contributed by atoms with Crippen molar-refractivity contribution in [1.29, 1.82) is 0 Å². The number of ether oxygens (including phenoxy) is 1. The molecule has 0 saturated carbocycles. The highest BCUT2D eigenvalue weighted by Crippen LogP contribution is 2.24. The van der Waals surface area contributed by atoms with E-state index in [-0.39, 0.29) is 28.5 Å². The van der Waals surface area contributed by atoms with Crippen LogP contribution in [-0.2, 0) is 4.79 Å². The monoisotopic (exact) mass is 370 g/mol. The molecule has 0 radical (unpaired) electrons. The molecule has 0 fully saturated rings. The lowest BCUT2D eigenvalue weighted by Gasteiger charge is -2.11. The molecule has 9 nitrogen and oxygen atoms in total. The van der Waals surface area contributed by atoms with E-state index in [9.17, 15) is 19.7 Å². The number of hydrogen-bond acceptors (Lipinski definition) is 6. The molecule has 0 aromatic heterocycles. The highest BCUT2D eigenvalue weighted by atomic mass is 16.6. The van der Waals surface area contributed by atoms with E-state index in [1.54, 1.807) is 25.1 Å². The van der Waals surface area contributed by atoms with Gasteiger partial charge in [-0.25, -0.2) is 5.43 Å². The van der Waals surface area contributed by atoms with E-state index >= 15 is 0 Å². The first-order valence-corrected chi connectivity index (χ1v) is 8.03. The minimum Gasteiger partial charge on any atom is -0.493 e. The van der Waals surface area contributed by atoms with Gasteiger partial charge in [-0.3, -0.25) is 19.7 Å². The highest BCUT2D eigenvalue weighted by molar-refractivity contribution is 5.99. The third kappa shape index (κ3) is 5.36. The standard InChI is InChI=1S/C18H18N4O5/c1-3-27-17-10-14(20-12(2)23)8-9-15(17)18(24)21-19-11-13-6-4-5-7-16(13)22(25)26/h4-11H,3H2,1-2H3,(H,20,23)(H,21,24). The van der Waals surface area contributed by atoms with Crippen LogP contribution in [0.2, 0.25) is 0 Å². The van der Waals surface area contributed by atoms with Crippen LogP contribution in [0.3, 0.4) is 0 Å². The Bertz CT molecular complexity index is 895. The van der Waals surface area contributed by atoms with Crippen LogP contribution in [-0.4, -0.2) is 29.6 Å². The van der Waals surface area contributed by atoms with E-state index in [1.165, 1.54) is 37.4 Å². The van der Waals surface area contributed by atoms with Gasteiger partial charge in [-0.05, 0) is 25.1 Å². The second-order valence-electron chi connectivity index (χ2n) is 5.34. The van der Waals surface area contributed by atoms with Crippen molar-refractivity contribution in [2.75, 3.05) is 11.9 Å². The average molecular weight is 370 g/mol. The molecule has 2 amide bonds. The number of nitrogens with one attached hydrogen (secondary N) is 2. The zero-order valence-electron chi connectivity index (χ0n) is 14.8. The third-order valence-corrected chi connectivity index (χ3v) is 3.35. The number of hydrogen-bond donors (Lipinski definition) is 2. The zero-order valence-corrected chi connectivity index (χ0v) is 14.8. The lowest BCUT2D eigenvalue weighted by atomic mass is 10.1. The van der Waals surface area contributed by atoms with Crippen LogP contribution < -0.4 is 15.5 Å². The SMILES string of the molecule is CCOc1cc(NC(C)=O)ccc1C(=O)NN=Cc1ccccc1[N+](=O)[O-]. The summed E-state index contributed by atoms with van der Waals surface area (Å²) in [5.74, 6) is -0.520. The molecule has 0 aliphatic heterocycles. The fraction of sp³-hybridized carbons (Fsp3) is 0.167. The molecule has 140 valence electrons. The van der Waals surface area contributed by atoms with E-state index in [1.807, 2.05) is 0 Å². The van der Waals surface area contributed by atoms with Gasteiger partial charge in [-0.2, -0.15) is 5.10 Å². The van der Waals surface area contributed by atoms with E-state index in [4.69, 9.17) is 4.74 Å². The Morgan fingerprint density at radius 2 is 2.00 bits per heavy atom. The molecule has 0 bridgehead atoms. The quantitative estimate of drug-likeness (QED) is 0.441. The zero-order chi connectivity index (χ0) is 19.8. The van der Waals surface area contributed by atoms with E-state index in [2.05, 4.69) is 15.8 Å². The number of nitrogens with zero attached hydrogens (tertiary/aromatic N) is 2. The Balaban J connectivity index is 2.18. The maximum atomic E-state index is 12.4. The maximum absolute atomic E-state index is 12.4. The number of anilines is 1. The molecule has 0 heterocycles. The molecule has 0 saturated heterocycles. The van der Waals surface area contributed by atoms with Crippen LogP contribution in [0.4, 0.5) is 11.4 Å². The molecule has 2 aromatic carbocycles. The van der Waals surface area contributed by atoms with Gasteiger partial charge in [0.05, 0.1) is 28.9 Å². The van der Waals surface area contributed by atoms with Gasteiger partial charge < -0.3 is 10.1 Å². The number of carbonyl (C=O) groups excluding carboxylic acids is 2. The summed E-state index contributed by atoms with van der Waals surface area (Å²) in [6.07, 6.45) is 1.20. The maximum Gasteiger partial charge on any atom is 0.278 e. The number of nitro benzene ring substituents is 1. The van der Waals surface area contributed by atoms with Gasteiger partial charge in [0.15, 0.2) is 0 Å². The van der Waals surface area contributed by atoms with Crippen molar-refractivity contribution in [2.24, 2.45) is 5.10 Å². The molecular weight excluding hydrogens is 352 g/mol. The van der Waals surface area contributed by atoms with E-state index in [0.29, 0.717) is 12.3 Å². The van der Waals surface area contributed by atoms with Crippen molar-refractivity contribution < 1.29 is 19.2 Å². The lowest BCUT2D eigenvalue weighted by molar-refractivity contribution is -0.385. The van der Waals surface area contributed by atoms with E-state index < -0.39 is 10.8 Å². The number of hydrazone groups is 1. The van der Waals surface area contributed by atoms with Gasteiger partial charge in [0.1, 0.15) is 5.75 Å². The predicted octanol–water partition coefficient (Wildman–Crippen LogP) is 2.72. The fourth-order valence-corrected chi connectivity index (χ4v) is 2.25. The minimum absolute atomic E-state index is 0.120. The van der Waals surface area contributed by atoms with Crippen LogP contribution in [0, 0.1) is 10.1 Å². The molecular formula is C18H18N4O5. The van der Waals surface area contributed by atoms with Crippen molar-refractivity contribution in [1.82, 2.24) is 5.43 Å². The Kier molecular flexibility index (Phi) is 6.59. The fourth-order valence-electron chi connectivity index (χ4n) is 2.25. The van der Waals surface area contributed by atoms with Gasteiger partial charge in [0, 0.05) is 24.7 Å². The topological polar surface area (TPSA) is 123 Å². The molecule has 0 atom stereocenters. The van der Waals surface area contributed by atoms with Gasteiger partial charge in [0.25, 0.3) is 11.6 Å². The number of amides is 2. The Morgan fingerprint density at radius 3 is 2.67 bits per heavy atom. The molecule has 0 unspecified atom stereocenters. The van der Waals surface area contributed by atoms with Crippen LogP contribution in [0.1, 0.15) is 29.8 Å². The van der Waals surface area contributed by atoms with Crippen molar-refractivity contribution in [2.45, 2.75) is 13.8 Å².